The summed E-state index contributed by atoms with van der Waals surface area (Å²) in [6.45, 7) is 1.68. The number of carbonyl (C=O) groups is 2. The minimum atomic E-state index is -1.00. The van der Waals surface area contributed by atoms with Crippen molar-refractivity contribution in [2.45, 2.75) is 6.92 Å². The molecule has 0 atom stereocenters. The average Bonchev–Trinajstić information content (AvgIpc) is 2.70. The Labute approximate surface area is 132 Å². The minimum Gasteiger partial charge on any atom is -0.477 e. The number of aromatic carboxylic acids is 1. The maximum absolute atomic E-state index is 12.1. The molecular formula is C13H9BrClNO3S. The second-order valence-electron chi connectivity index (χ2n) is 4.01. The van der Waals surface area contributed by atoms with Crippen LogP contribution in [0.25, 0.3) is 0 Å². The molecule has 2 N–H and O–H groups in total. The number of hydrogen-bond acceptors (Lipinski definition) is 3. The lowest BCUT2D eigenvalue weighted by Crippen LogP contribution is -2.11. The lowest BCUT2D eigenvalue weighted by atomic mass is 10.2. The molecule has 20 heavy (non-hydrogen) atoms. The number of carbonyl (C=O) groups excluding carboxylic acids is 1. The van der Waals surface area contributed by atoms with Crippen molar-refractivity contribution in [2.24, 2.45) is 0 Å². The number of aryl methyl sites for hydroxylation is 1. The molecule has 0 radical (unpaired) electrons. The molecule has 1 amide bonds. The highest BCUT2D eigenvalue weighted by Crippen LogP contribution is 2.28. The van der Waals surface area contributed by atoms with Gasteiger partial charge in [-0.25, -0.2) is 4.79 Å². The van der Waals surface area contributed by atoms with Crippen molar-refractivity contribution in [2.75, 3.05) is 5.32 Å². The molecule has 0 aliphatic heterocycles. The fourth-order valence-corrected chi connectivity index (χ4v) is 3.27. The maximum atomic E-state index is 12.1. The number of anilines is 1. The molecule has 0 fully saturated rings. The Kier molecular flexibility index (Phi) is 4.47. The van der Waals surface area contributed by atoms with Gasteiger partial charge in [0, 0.05) is 4.47 Å². The highest BCUT2D eigenvalue weighted by molar-refractivity contribution is 9.10. The van der Waals surface area contributed by atoms with Gasteiger partial charge in [0.2, 0.25) is 0 Å². The molecule has 0 aliphatic rings. The molecule has 0 spiro atoms. The number of rotatable bonds is 3. The number of hydrogen-bond donors (Lipinski definition) is 2. The van der Waals surface area contributed by atoms with Gasteiger partial charge in [0.05, 0.1) is 15.6 Å². The second kappa shape index (κ2) is 5.95. The van der Waals surface area contributed by atoms with E-state index in [2.05, 4.69) is 21.2 Å². The fourth-order valence-electron chi connectivity index (χ4n) is 1.61. The number of thiophene rings is 1. The van der Waals surface area contributed by atoms with Gasteiger partial charge < -0.3 is 10.4 Å². The van der Waals surface area contributed by atoms with Crippen LogP contribution in [0, 0.1) is 6.92 Å². The molecule has 4 nitrogen and oxygen atoms in total. The molecule has 1 heterocycles. The molecular weight excluding hydrogens is 366 g/mol. The molecule has 1 aromatic carbocycles. The van der Waals surface area contributed by atoms with Gasteiger partial charge in [0.25, 0.3) is 5.91 Å². The van der Waals surface area contributed by atoms with Gasteiger partial charge in [-0.05, 0) is 36.8 Å². The first kappa shape index (κ1) is 15.0. The molecule has 0 saturated carbocycles. The number of nitrogens with one attached hydrogen (secondary N) is 1. The Hall–Kier alpha value is -1.37. The van der Waals surface area contributed by atoms with Crippen LogP contribution in [0.4, 0.5) is 5.00 Å². The number of amides is 1. The van der Waals surface area contributed by atoms with E-state index in [1.165, 1.54) is 0 Å². The van der Waals surface area contributed by atoms with E-state index >= 15 is 0 Å². The Morgan fingerprint density at radius 2 is 2.05 bits per heavy atom. The zero-order valence-corrected chi connectivity index (χ0v) is 13.4. The van der Waals surface area contributed by atoms with Crippen LogP contribution in [0.3, 0.4) is 0 Å². The number of carboxylic acids is 1. The third kappa shape index (κ3) is 3.20. The van der Waals surface area contributed by atoms with Crippen molar-refractivity contribution in [3.8, 4) is 0 Å². The minimum absolute atomic E-state index is 0.210. The van der Waals surface area contributed by atoms with Crippen LogP contribution in [0.5, 0.6) is 0 Å². The quantitative estimate of drug-likeness (QED) is 0.835. The van der Waals surface area contributed by atoms with Gasteiger partial charge in [-0.15, -0.1) is 11.3 Å². The molecule has 104 valence electrons. The summed E-state index contributed by atoms with van der Waals surface area (Å²) in [5, 5.41) is 12.4. The normalized spacial score (nSPS) is 10.3. The lowest BCUT2D eigenvalue weighted by Gasteiger charge is -2.04. The second-order valence-corrected chi connectivity index (χ2v) is 6.38. The van der Waals surface area contributed by atoms with Crippen LogP contribution in [0.1, 0.15) is 25.6 Å². The van der Waals surface area contributed by atoms with Gasteiger partial charge in [-0.3, -0.25) is 4.79 Å². The van der Waals surface area contributed by atoms with E-state index in [4.69, 9.17) is 16.7 Å². The van der Waals surface area contributed by atoms with Crippen LogP contribution < -0.4 is 5.32 Å². The Morgan fingerprint density at radius 1 is 1.35 bits per heavy atom. The molecule has 2 aromatic rings. The van der Waals surface area contributed by atoms with Crippen molar-refractivity contribution in [1.29, 1.82) is 0 Å². The van der Waals surface area contributed by atoms with E-state index in [0.29, 0.717) is 21.2 Å². The first-order valence-electron chi connectivity index (χ1n) is 5.48. The smallest absolute Gasteiger partial charge is 0.346 e. The Balaban J connectivity index is 2.23. The zero-order valence-electron chi connectivity index (χ0n) is 10.2. The monoisotopic (exact) mass is 373 g/mol. The summed E-state index contributed by atoms with van der Waals surface area (Å²) in [6.07, 6.45) is 0. The van der Waals surface area contributed by atoms with Crippen LogP contribution >= 0.6 is 38.9 Å². The number of halogens is 2. The predicted octanol–water partition coefficient (Wildman–Crippen LogP) is 4.42. The molecule has 0 unspecified atom stereocenters. The van der Waals surface area contributed by atoms with Gasteiger partial charge in [-0.2, -0.15) is 0 Å². The molecule has 2 rings (SSSR count). The molecule has 0 saturated heterocycles. The summed E-state index contributed by atoms with van der Waals surface area (Å²) in [6, 6.07) is 6.56. The molecule has 0 bridgehead atoms. The van der Waals surface area contributed by atoms with E-state index in [0.717, 1.165) is 15.8 Å². The van der Waals surface area contributed by atoms with E-state index in [1.54, 1.807) is 31.2 Å². The van der Waals surface area contributed by atoms with E-state index in [9.17, 15) is 9.59 Å². The molecule has 0 aliphatic carbocycles. The zero-order chi connectivity index (χ0) is 14.9. The summed E-state index contributed by atoms with van der Waals surface area (Å²) in [7, 11) is 0. The summed E-state index contributed by atoms with van der Waals surface area (Å²) >= 11 is 10.3. The standard InChI is InChI=1S/C13H9BrClNO3S/c1-6-4-10(20-11(6)13(18)19)16-12(17)8-3-2-7(14)5-9(8)15/h2-5H,1H3,(H,16,17)(H,18,19). The SMILES string of the molecule is Cc1cc(NC(=O)c2ccc(Br)cc2Cl)sc1C(=O)O. The maximum Gasteiger partial charge on any atom is 0.346 e. The molecule has 1 aromatic heterocycles. The highest BCUT2D eigenvalue weighted by Gasteiger charge is 2.16. The predicted molar refractivity (Wildman–Crippen MR) is 83.1 cm³/mol. The fraction of sp³-hybridized carbons (Fsp3) is 0.0769. The average molecular weight is 375 g/mol. The van der Waals surface area contributed by atoms with Crippen molar-refractivity contribution >= 4 is 55.7 Å². The van der Waals surface area contributed by atoms with Gasteiger partial charge >= 0.3 is 5.97 Å². The Bertz CT molecular complexity index is 699. The first-order chi connectivity index (χ1) is 9.38. The van der Waals surface area contributed by atoms with Gasteiger partial charge in [0.15, 0.2) is 0 Å². The van der Waals surface area contributed by atoms with Crippen molar-refractivity contribution in [3.05, 3.63) is 49.8 Å². The lowest BCUT2D eigenvalue weighted by molar-refractivity contribution is 0.0701. The summed E-state index contributed by atoms with van der Waals surface area (Å²) in [5.74, 6) is -1.38. The van der Waals surface area contributed by atoms with E-state index in [-0.39, 0.29) is 10.8 Å². The van der Waals surface area contributed by atoms with Crippen LogP contribution in [-0.2, 0) is 0 Å². The Morgan fingerprint density at radius 3 is 2.60 bits per heavy atom. The van der Waals surface area contributed by atoms with Crippen molar-refractivity contribution in [1.82, 2.24) is 0 Å². The first-order valence-corrected chi connectivity index (χ1v) is 7.47. The number of carboxylic acid groups (broad SMARTS) is 1. The number of benzene rings is 1. The van der Waals surface area contributed by atoms with Crippen molar-refractivity contribution < 1.29 is 14.7 Å². The van der Waals surface area contributed by atoms with E-state index < -0.39 is 5.97 Å². The summed E-state index contributed by atoms with van der Waals surface area (Å²) < 4.78 is 0.777. The van der Waals surface area contributed by atoms with Gasteiger partial charge in [0.1, 0.15) is 4.88 Å². The van der Waals surface area contributed by atoms with Crippen LogP contribution in [0.15, 0.2) is 28.7 Å². The highest BCUT2D eigenvalue weighted by atomic mass is 79.9. The largest absolute Gasteiger partial charge is 0.477 e. The van der Waals surface area contributed by atoms with Gasteiger partial charge in [-0.1, -0.05) is 27.5 Å². The van der Waals surface area contributed by atoms with Crippen molar-refractivity contribution in [3.63, 3.8) is 0 Å². The van der Waals surface area contributed by atoms with Crippen LogP contribution in [-0.4, -0.2) is 17.0 Å². The summed E-state index contributed by atoms with van der Waals surface area (Å²) in [4.78, 5) is 23.2. The van der Waals surface area contributed by atoms with E-state index in [1.807, 2.05) is 0 Å². The third-order valence-corrected chi connectivity index (χ3v) is 4.47. The summed E-state index contributed by atoms with van der Waals surface area (Å²) in [5.41, 5.74) is 0.942. The van der Waals surface area contributed by atoms with Crippen LogP contribution in [0.2, 0.25) is 5.02 Å². The topological polar surface area (TPSA) is 66.4 Å². The third-order valence-electron chi connectivity index (χ3n) is 2.52. The molecule has 7 heteroatoms.